The predicted molar refractivity (Wildman–Crippen MR) is 97.1 cm³/mol. The molecular weight excluding hydrogens is 298 g/mol. The minimum atomic E-state index is -0.135. The minimum absolute atomic E-state index is 0.121. The first-order valence-electron chi connectivity index (χ1n) is 7.93. The van der Waals surface area contributed by atoms with Crippen LogP contribution in [0.5, 0.6) is 0 Å². The standard InChI is InChI=1S/C21H19NO2/c23-15-14-16-10-12-18(13-11-16)22-21(24)20-9-5-4-8-19(20)17-6-2-1-3-7-17/h1-13,23H,14-15H2,(H,22,24). The highest BCUT2D eigenvalue weighted by Crippen LogP contribution is 2.24. The molecule has 3 aromatic rings. The van der Waals surface area contributed by atoms with Crippen molar-refractivity contribution in [1.29, 1.82) is 0 Å². The fourth-order valence-electron chi connectivity index (χ4n) is 2.63. The highest BCUT2D eigenvalue weighted by atomic mass is 16.2. The van der Waals surface area contributed by atoms with Crippen LogP contribution in [0.1, 0.15) is 15.9 Å². The highest BCUT2D eigenvalue weighted by Gasteiger charge is 2.12. The van der Waals surface area contributed by atoms with Gasteiger partial charge in [0.25, 0.3) is 5.91 Å². The van der Waals surface area contributed by atoms with Gasteiger partial charge in [-0.2, -0.15) is 0 Å². The lowest BCUT2D eigenvalue weighted by molar-refractivity contribution is 0.102. The molecule has 0 radical (unpaired) electrons. The van der Waals surface area contributed by atoms with Gasteiger partial charge in [0.05, 0.1) is 0 Å². The number of aliphatic hydroxyl groups is 1. The minimum Gasteiger partial charge on any atom is -0.396 e. The Kier molecular flexibility index (Phi) is 5.04. The first-order chi connectivity index (χ1) is 11.8. The number of hydrogen-bond donors (Lipinski definition) is 2. The third-order valence-electron chi connectivity index (χ3n) is 3.87. The molecule has 0 spiro atoms. The van der Waals surface area contributed by atoms with Gasteiger partial charge < -0.3 is 10.4 Å². The average molecular weight is 317 g/mol. The Balaban J connectivity index is 1.83. The zero-order chi connectivity index (χ0) is 16.8. The van der Waals surface area contributed by atoms with Gasteiger partial charge in [-0.25, -0.2) is 0 Å². The summed E-state index contributed by atoms with van der Waals surface area (Å²) in [4.78, 5) is 12.7. The number of nitrogens with one attached hydrogen (secondary N) is 1. The lowest BCUT2D eigenvalue weighted by atomic mass is 9.99. The molecule has 3 heteroatoms. The Labute approximate surface area is 141 Å². The highest BCUT2D eigenvalue weighted by molar-refractivity contribution is 6.08. The number of carbonyl (C=O) groups excluding carboxylic acids is 1. The van der Waals surface area contributed by atoms with Gasteiger partial charge in [-0.05, 0) is 41.3 Å². The van der Waals surface area contributed by atoms with E-state index in [0.29, 0.717) is 12.0 Å². The molecule has 0 atom stereocenters. The van der Waals surface area contributed by atoms with Crippen molar-refractivity contribution in [3.63, 3.8) is 0 Å². The molecule has 0 fully saturated rings. The molecule has 24 heavy (non-hydrogen) atoms. The zero-order valence-electron chi connectivity index (χ0n) is 13.3. The number of rotatable bonds is 5. The summed E-state index contributed by atoms with van der Waals surface area (Å²) in [5.74, 6) is -0.135. The number of benzene rings is 3. The summed E-state index contributed by atoms with van der Waals surface area (Å²) in [7, 11) is 0. The quantitative estimate of drug-likeness (QED) is 0.743. The first-order valence-corrected chi connectivity index (χ1v) is 7.93. The molecule has 0 heterocycles. The van der Waals surface area contributed by atoms with Crippen molar-refractivity contribution in [1.82, 2.24) is 0 Å². The van der Waals surface area contributed by atoms with Crippen LogP contribution in [0.3, 0.4) is 0 Å². The third-order valence-corrected chi connectivity index (χ3v) is 3.87. The Morgan fingerprint density at radius 1 is 0.833 bits per heavy atom. The summed E-state index contributed by atoms with van der Waals surface area (Å²) < 4.78 is 0. The summed E-state index contributed by atoms with van der Waals surface area (Å²) >= 11 is 0. The van der Waals surface area contributed by atoms with Gasteiger partial charge in [-0.3, -0.25) is 4.79 Å². The second-order valence-corrected chi connectivity index (χ2v) is 5.54. The van der Waals surface area contributed by atoms with E-state index in [4.69, 9.17) is 5.11 Å². The molecule has 3 rings (SSSR count). The van der Waals surface area contributed by atoms with Gasteiger partial charge in [0, 0.05) is 17.9 Å². The summed E-state index contributed by atoms with van der Waals surface area (Å²) in [6.07, 6.45) is 0.616. The smallest absolute Gasteiger partial charge is 0.256 e. The van der Waals surface area contributed by atoms with E-state index in [9.17, 15) is 4.79 Å². The van der Waals surface area contributed by atoms with E-state index in [0.717, 1.165) is 22.4 Å². The molecule has 0 aromatic heterocycles. The first kappa shape index (κ1) is 16.0. The molecule has 3 aromatic carbocycles. The molecule has 1 amide bonds. The maximum absolute atomic E-state index is 12.7. The van der Waals surface area contributed by atoms with Crippen LogP contribution in [0, 0.1) is 0 Å². The van der Waals surface area contributed by atoms with Crippen molar-refractivity contribution in [3.05, 3.63) is 90.0 Å². The van der Waals surface area contributed by atoms with Crippen molar-refractivity contribution < 1.29 is 9.90 Å². The topological polar surface area (TPSA) is 49.3 Å². The van der Waals surface area contributed by atoms with Gasteiger partial charge in [0.2, 0.25) is 0 Å². The van der Waals surface area contributed by atoms with Crippen LogP contribution in [0.15, 0.2) is 78.9 Å². The van der Waals surface area contributed by atoms with E-state index in [1.807, 2.05) is 78.9 Å². The van der Waals surface area contributed by atoms with Crippen molar-refractivity contribution >= 4 is 11.6 Å². The zero-order valence-corrected chi connectivity index (χ0v) is 13.3. The summed E-state index contributed by atoms with van der Waals surface area (Å²) in [5.41, 5.74) is 4.35. The molecule has 120 valence electrons. The molecule has 0 aliphatic carbocycles. The van der Waals surface area contributed by atoms with Gasteiger partial charge in [-0.15, -0.1) is 0 Å². The van der Waals surface area contributed by atoms with Crippen LogP contribution in [0.4, 0.5) is 5.69 Å². The molecule has 0 bridgehead atoms. The molecule has 0 saturated heterocycles. The fourth-order valence-corrected chi connectivity index (χ4v) is 2.63. The molecule has 3 nitrogen and oxygen atoms in total. The monoisotopic (exact) mass is 317 g/mol. The maximum Gasteiger partial charge on any atom is 0.256 e. The summed E-state index contributed by atoms with van der Waals surface area (Å²) in [6, 6.07) is 25.0. The number of amides is 1. The van der Waals surface area contributed by atoms with E-state index in [1.54, 1.807) is 0 Å². The maximum atomic E-state index is 12.7. The van der Waals surface area contributed by atoms with Crippen LogP contribution in [-0.4, -0.2) is 17.6 Å². The van der Waals surface area contributed by atoms with Crippen LogP contribution in [0.25, 0.3) is 11.1 Å². The van der Waals surface area contributed by atoms with E-state index >= 15 is 0 Å². The van der Waals surface area contributed by atoms with Gasteiger partial charge in [-0.1, -0.05) is 60.7 Å². The van der Waals surface area contributed by atoms with Crippen LogP contribution >= 0.6 is 0 Å². The van der Waals surface area contributed by atoms with Crippen LogP contribution in [-0.2, 0) is 6.42 Å². The van der Waals surface area contributed by atoms with E-state index in [-0.39, 0.29) is 12.5 Å². The summed E-state index contributed by atoms with van der Waals surface area (Å²) in [6.45, 7) is 0.121. The third kappa shape index (κ3) is 3.70. The van der Waals surface area contributed by atoms with Gasteiger partial charge >= 0.3 is 0 Å². The van der Waals surface area contributed by atoms with Crippen LogP contribution in [0.2, 0.25) is 0 Å². The lowest BCUT2D eigenvalue weighted by Crippen LogP contribution is -2.13. The van der Waals surface area contributed by atoms with Crippen LogP contribution < -0.4 is 5.32 Å². The summed E-state index contributed by atoms with van der Waals surface area (Å²) in [5, 5.41) is 11.9. The Bertz CT molecular complexity index is 811. The molecule has 0 saturated carbocycles. The second kappa shape index (κ2) is 7.57. The van der Waals surface area contributed by atoms with Crippen molar-refractivity contribution in [2.75, 3.05) is 11.9 Å². The molecular formula is C21H19NO2. The normalized spacial score (nSPS) is 10.4. The Morgan fingerprint density at radius 2 is 1.50 bits per heavy atom. The largest absolute Gasteiger partial charge is 0.396 e. The van der Waals surface area contributed by atoms with Crippen molar-refractivity contribution in [2.45, 2.75) is 6.42 Å². The van der Waals surface area contributed by atoms with Crippen molar-refractivity contribution in [2.24, 2.45) is 0 Å². The van der Waals surface area contributed by atoms with E-state index < -0.39 is 0 Å². The molecule has 0 aliphatic rings. The van der Waals surface area contributed by atoms with Gasteiger partial charge in [0.1, 0.15) is 0 Å². The number of anilines is 1. The SMILES string of the molecule is O=C(Nc1ccc(CCO)cc1)c1ccccc1-c1ccccc1. The lowest BCUT2D eigenvalue weighted by Gasteiger charge is -2.11. The Hall–Kier alpha value is -2.91. The predicted octanol–water partition coefficient (Wildman–Crippen LogP) is 4.14. The fraction of sp³-hybridized carbons (Fsp3) is 0.0952. The Morgan fingerprint density at radius 3 is 2.21 bits per heavy atom. The van der Waals surface area contributed by atoms with Crippen molar-refractivity contribution in [3.8, 4) is 11.1 Å². The molecule has 0 unspecified atom stereocenters. The average Bonchev–Trinajstić information content (AvgIpc) is 2.64. The number of aliphatic hydroxyl groups excluding tert-OH is 1. The molecule has 0 aliphatic heterocycles. The number of hydrogen-bond acceptors (Lipinski definition) is 2. The number of carbonyl (C=O) groups is 1. The van der Waals surface area contributed by atoms with E-state index in [2.05, 4.69) is 5.32 Å². The second-order valence-electron chi connectivity index (χ2n) is 5.54. The molecule has 2 N–H and O–H groups in total. The van der Waals surface area contributed by atoms with E-state index in [1.165, 1.54) is 0 Å². The van der Waals surface area contributed by atoms with Gasteiger partial charge in [0.15, 0.2) is 0 Å².